The molecule has 3 heteroatoms. The maximum atomic E-state index is 9.84. The van der Waals surface area contributed by atoms with Crippen molar-refractivity contribution in [3.63, 3.8) is 0 Å². The van der Waals surface area contributed by atoms with Crippen LogP contribution in [0.2, 0.25) is 0 Å². The molecule has 0 spiro atoms. The number of aliphatic hydroxyl groups is 3. The van der Waals surface area contributed by atoms with E-state index in [-0.39, 0.29) is 6.61 Å². The highest BCUT2D eigenvalue weighted by Gasteiger charge is 2.36. The molecule has 0 saturated heterocycles. The number of aliphatic hydroxyl groups excluding tert-OH is 1. The van der Waals surface area contributed by atoms with Gasteiger partial charge in [-0.05, 0) is 33.6 Å². The Bertz CT molecular complexity index is 136. The van der Waals surface area contributed by atoms with Crippen molar-refractivity contribution in [2.45, 2.75) is 57.7 Å². The summed E-state index contributed by atoms with van der Waals surface area (Å²) in [7, 11) is 0. The fraction of sp³-hybridized carbons (Fsp3) is 1.00. The zero-order valence-corrected chi connectivity index (χ0v) is 8.88. The zero-order chi connectivity index (χ0) is 10.5. The molecular weight excluding hydrogens is 168 g/mol. The Morgan fingerprint density at radius 1 is 0.923 bits per heavy atom. The highest BCUT2D eigenvalue weighted by atomic mass is 16.3. The number of unbranched alkanes of at least 4 members (excludes halogenated alkanes) is 2. The van der Waals surface area contributed by atoms with Gasteiger partial charge in [0.15, 0.2) is 0 Å². The highest BCUT2D eigenvalue weighted by Crippen LogP contribution is 2.26. The molecule has 1 unspecified atom stereocenters. The van der Waals surface area contributed by atoms with Gasteiger partial charge in [-0.2, -0.15) is 0 Å². The summed E-state index contributed by atoms with van der Waals surface area (Å²) in [6.45, 7) is 5.06. The molecule has 0 heterocycles. The molecule has 0 aromatic rings. The Kier molecular flexibility index (Phi) is 4.89. The average molecular weight is 190 g/mol. The van der Waals surface area contributed by atoms with Crippen molar-refractivity contribution in [3.05, 3.63) is 0 Å². The summed E-state index contributed by atoms with van der Waals surface area (Å²) in [6, 6.07) is 0. The van der Waals surface area contributed by atoms with E-state index < -0.39 is 11.2 Å². The lowest BCUT2D eigenvalue weighted by molar-refractivity contribution is -0.124. The van der Waals surface area contributed by atoms with Crippen LogP contribution < -0.4 is 0 Å². The third-order valence-corrected chi connectivity index (χ3v) is 2.64. The van der Waals surface area contributed by atoms with Gasteiger partial charge in [0.25, 0.3) is 0 Å². The summed E-state index contributed by atoms with van der Waals surface area (Å²) < 4.78 is 0. The van der Waals surface area contributed by atoms with Crippen molar-refractivity contribution in [1.29, 1.82) is 0 Å². The molecule has 0 aromatic carbocycles. The van der Waals surface area contributed by atoms with Crippen LogP contribution in [0.3, 0.4) is 0 Å². The maximum Gasteiger partial charge on any atom is 0.0900 e. The van der Waals surface area contributed by atoms with E-state index in [0.29, 0.717) is 6.42 Å². The van der Waals surface area contributed by atoms with E-state index in [1.807, 2.05) is 0 Å². The van der Waals surface area contributed by atoms with Crippen LogP contribution in [-0.4, -0.2) is 33.1 Å². The van der Waals surface area contributed by atoms with E-state index in [0.717, 1.165) is 19.3 Å². The van der Waals surface area contributed by atoms with Gasteiger partial charge >= 0.3 is 0 Å². The Hall–Kier alpha value is -0.120. The molecule has 0 saturated carbocycles. The van der Waals surface area contributed by atoms with Gasteiger partial charge in [-0.1, -0.05) is 12.8 Å². The van der Waals surface area contributed by atoms with E-state index in [1.54, 1.807) is 20.8 Å². The predicted octanol–water partition coefficient (Wildman–Crippen LogP) is 1.06. The smallest absolute Gasteiger partial charge is 0.0900 e. The van der Waals surface area contributed by atoms with Crippen molar-refractivity contribution in [1.82, 2.24) is 0 Å². The molecule has 0 aromatic heterocycles. The van der Waals surface area contributed by atoms with Gasteiger partial charge in [0.2, 0.25) is 0 Å². The van der Waals surface area contributed by atoms with Gasteiger partial charge in [0.05, 0.1) is 11.2 Å². The van der Waals surface area contributed by atoms with Crippen molar-refractivity contribution in [3.8, 4) is 0 Å². The molecule has 0 rings (SSSR count). The topological polar surface area (TPSA) is 60.7 Å². The lowest BCUT2D eigenvalue weighted by atomic mass is 9.83. The second-order valence-corrected chi connectivity index (χ2v) is 4.37. The Balaban J connectivity index is 3.77. The van der Waals surface area contributed by atoms with E-state index in [2.05, 4.69) is 0 Å². The van der Waals surface area contributed by atoms with Gasteiger partial charge in [0.1, 0.15) is 0 Å². The van der Waals surface area contributed by atoms with Crippen molar-refractivity contribution in [2.24, 2.45) is 0 Å². The summed E-state index contributed by atoms with van der Waals surface area (Å²) in [6.07, 6.45) is 3.05. The Morgan fingerprint density at radius 2 is 1.46 bits per heavy atom. The van der Waals surface area contributed by atoms with E-state index in [9.17, 15) is 10.2 Å². The molecule has 0 aliphatic heterocycles. The molecule has 0 fully saturated rings. The minimum atomic E-state index is -1.06. The monoisotopic (exact) mass is 190 g/mol. The third-order valence-electron chi connectivity index (χ3n) is 2.64. The fourth-order valence-corrected chi connectivity index (χ4v) is 1.06. The average Bonchev–Trinajstić information content (AvgIpc) is 1.96. The molecule has 1 atom stereocenters. The standard InChI is InChI=1S/C10H22O3/c1-9(2,12)10(3,13)7-5-4-6-8-11/h11-13H,4-8H2,1-3H3. The largest absolute Gasteiger partial charge is 0.396 e. The number of rotatable bonds is 6. The molecule has 0 amide bonds. The van der Waals surface area contributed by atoms with Crippen LogP contribution in [0.15, 0.2) is 0 Å². The van der Waals surface area contributed by atoms with Gasteiger partial charge in [-0.15, -0.1) is 0 Å². The zero-order valence-electron chi connectivity index (χ0n) is 8.88. The van der Waals surface area contributed by atoms with Crippen LogP contribution in [-0.2, 0) is 0 Å². The summed E-state index contributed by atoms with van der Waals surface area (Å²) in [5.74, 6) is 0. The first kappa shape index (κ1) is 12.9. The number of hydrogen-bond donors (Lipinski definition) is 3. The fourth-order valence-electron chi connectivity index (χ4n) is 1.06. The maximum absolute atomic E-state index is 9.84. The summed E-state index contributed by atoms with van der Waals surface area (Å²) >= 11 is 0. The second-order valence-electron chi connectivity index (χ2n) is 4.37. The van der Waals surface area contributed by atoms with Crippen LogP contribution in [0.4, 0.5) is 0 Å². The van der Waals surface area contributed by atoms with Gasteiger partial charge in [-0.25, -0.2) is 0 Å². The molecule has 3 N–H and O–H groups in total. The van der Waals surface area contributed by atoms with Gasteiger partial charge in [-0.3, -0.25) is 0 Å². The molecule has 0 aliphatic carbocycles. The van der Waals surface area contributed by atoms with Crippen molar-refractivity contribution < 1.29 is 15.3 Å². The van der Waals surface area contributed by atoms with Crippen LogP contribution in [0.1, 0.15) is 46.5 Å². The van der Waals surface area contributed by atoms with E-state index >= 15 is 0 Å². The van der Waals surface area contributed by atoms with Gasteiger partial charge in [0, 0.05) is 6.61 Å². The van der Waals surface area contributed by atoms with Crippen molar-refractivity contribution in [2.75, 3.05) is 6.61 Å². The highest BCUT2D eigenvalue weighted by molar-refractivity contribution is 4.89. The lowest BCUT2D eigenvalue weighted by Gasteiger charge is -2.35. The van der Waals surface area contributed by atoms with Crippen LogP contribution in [0, 0.1) is 0 Å². The lowest BCUT2D eigenvalue weighted by Crippen LogP contribution is -2.47. The summed E-state index contributed by atoms with van der Waals surface area (Å²) in [5, 5.41) is 28.0. The first-order valence-corrected chi connectivity index (χ1v) is 4.87. The first-order valence-electron chi connectivity index (χ1n) is 4.87. The minimum absolute atomic E-state index is 0.199. The summed E-state index contributed by atoms with van der Waals surface area (Å²) in [4.78, 5) is 0. The molecular formula is C10H22O3. The predicted molar refractivity (Wildman–Crippen MR) is 52.5 cm³/mol. The minimum Gasteiger partial charge on any atom is -0.396 e. The first-order chi connectivity index (χ1) is 5.81. The van der Waals surface area contributed by atoms with Crippen LogP contribution in [0.5, 0.6) is 0 Å². The third kappa shape index (κ3) is 4.60. The normalized spacial score (nSPS) is 17.1. The SMILES string of the molecule is CC(C)(O)C(C)(O)CCCCCO. The molecule has 13 heavy (non-hydrogen) atoms. The van der Waals surface area contributed by atoms with Crippen LogP contribution >= 0.6 is 0 Å². The quantitative estimate of drug-likeness (QED) is 0.549. The second kappa shape index (κ2) is 4.94. The number of hydrogen-bond acceptors (Lipinski definition) is 3. The van der Waals surface area contributed by atoms with E-state index in [4.69, 9.17) is 5.11 Å². The molecule has 0 aliphatic rings. The molecule has 3 nitrogen and oxygen atoms in total. The van der Waals surface area contributed by atoms with Crippen molar-refractivity contribution >= 4 is 0 Å². The van der Waals surface area contributed by atoms with E-state index in [1.165, 1.54) is 0 Å². The van der Waals surface area contributed by atoms with Crippen LogP contribution in [0.25, 0.3) is 0 Å². The molecule has 80 valence electrons. The Labute approximate surface area is 80.4 Å². The molecule has 0 bridgehead atoms. The Morgan fingerprint density at radius 3 is 1.85 bits per heavy atom. The molecule has 0 radical (unpaired) electrons. The van der Waals surface area contributed by atoms with Gasteiger partial charge < -0.3 is 15.3 Å². The summed E-state index contributed by atoms with van der Waals surface area (Å²) in [5.41, 5.74) is -2.10.